The van der Waals surface area contributed by atoms with Crippen molar-refractivity contribution < 1.29 is 23.5 Å². The lowest BCUT2D eigenvalue weighted by molar-refractivity contribution is -0.127. The summed E-state index contributed by atoms with van der Waals surface area (Å²) in [7, 11) is 2.81. The quantitative estimate of drug-likeness (QED) is 0.304. The Morgan fingerprint density at radius 3 is 2.38 bits per heavy atom. The average Bonchev–Trinajstić information content (AvgIpc) is 3.30. The van der Waals surface area contributed by atoms with E-state index in [0.29, 0.717) is 17.0 Å². The van der Waals surface area contributed by atoms with Gasteiger partial charge in [0.2, 0.25) is 0 Å². The molecule has 166 valence electrons. The van der Waals surface area contributed by atoms with Crippen molar-refractivity contribution in [2.75, 3.05) is 37.0 Å². The van der Waals surface area contributed by atoms with E-state index in [0.717, 1.165) is 31.8 Å². The van der Waals surface area contributed by atoms with E-state index in [4.69, 9.17) is 21.4 Å². The fourth-order valence-corrected chi connectivity index (χ4v) is 4.05. The number of esters is 1. The van der Waals surface area contributed by atoms with E-state index in [9.17, 15) is 14.4 Å². The third kappa shape index (κ3) is 4.03. The number of thiocarbonyl (C=S) groups is 1. The predicted molar refractivity (Wildman–Crippen MR) is 123 cm³/mol. The number of ether oxygens (including phenoxy) is 1. The topological polar surface area (TPSA) is 83.3 Å². The van der Waals surface area contributed by atoms with Gasteiger partial charge in [-0.1, -0.05) is 0 Å². The summed E-state index contributed by atoms with van der Waals surface area (Å²) in [5.41, 5.74) is 0.719. The Balaban J connectivity index is 1.63. The lowest BCUT2D eigenvalue weighted by Crippen LogP contribution is -2.54. The Kier molecular flexibility index (Phi) is 6.09. The molecule has 1 aromatic heterocycles. The van der Waals surface area contributed by atoms with Crippen molar-refractivity contribution in [1.82, 2.24) is 4.90 Å². The Hall–Kier alpha value is -3.46. The van der Waals surface area contributed by atoms with Crippen LogP contribution in [0.3, 0.4) is 0 Å². The lowest BCUT2D eigenvalue weighted by atomic mass is 10.1. The zero-order valence-corrected chi connectivity index (χ0v) is 18.7. The summed E-state index contributed by atoms with van der Waals surface area (Å²) in [4.78, 5) is 42.4. The first-order valence-electron chi connectivity index (χ1n) is 10.3. The van der Waals surface area contributed by atoms with Crippen LogP contribution in [0.2, 0.25) is 0 Å². The van der Waals surface area contributed by atoms with Crippen LogP contribution < -0.4 is 9.80 Å². The number of methoxy groups -OCH3 is 1. The standard InChI is InChI=1S/C23H23N3O5S/c1-24-20(27)18(14-17-10-11-19(31-17)25-12-4-3-5-13-25)21(28)26(23(24)32)16-8-6-15(7-9-16)22(29)30-2/h6-11,14H,3-5,12-13H2,1-2H3/b18-14+. The van der Waals surface area contributed by atoms with Gasteiger partial charge in [0.1, 0.15) is 11.3 Å². The van der Waals surface area contributed by atoms with E-state index in [1.165, 1.54) is 48.6 Å². The van der Waals surface area contributed by atoms with Crippen molar-refractivity contribution in [3.63, 3.8) is 0 Å². The monoisotopic (exact) mass is 453 g/mol. The van der Waals surface area contributed by atoms with Crippen molar-refractivity contribution in [1.29, 1.82) is 0 Å². The molecule has 0 bridgehead atoms. The van der Waals surface area contributed by atoms with Gasteiger partial charge in [-0.2, -0.15) is 0 Å². The fraction of sp³-hybridized carbons (Fsp3) is 0.304. The fourth-order valence-electron chi connectivity index (χ4n) is 3.78. The number of anilines is 2. The molecule has 1 aromatic carbocycles. The Morgan fingerprint density at radius 2 is 1.72 bits per heavy atom. The third-order valence-corrected chi connectivity index (χ3v) is 6.02. The van der Waals surface area contributed by atoms with Gasteiger partial charge in [-0.15, -0.1) is 0 Å². The molecule has 0 N–H and O–H groups in total. The normalized spacial score (nSPS) is 18.5. The molecular weight excluding hydrogens is 430 g/mol. The van der Waals surface area contributed by atoms with Crippen LogP contribution in [0.4, 0.5) is 11.6 Å². The molecule has 2 amide bonds. The molecule has 2 aromatic rings. The Bertz CT molecular complexity index is 1100. The van der Waals surface area contributed by atoms with Gasteiger partial charge in [0, 0.05) is 26.2 Å². The zero-order chi connectivity index (χ0) is 22.8. The molecule has 0 spiro atoms. The highest BCUT2D eigenvalue weighted by Crippen LogP contribution is 2.28. The van der Waals surface area contributed by atoms with Gasteiger partial charge in [0.05, 0.1) is 18.4 Å². The molecule has 2 saturated heterocycles. The average molecular weight is 454 g/mol. The summed E-state index contributed by atoms with van der Waals surface area (Å²) in [5, 5.41) is 0.0522. The number of carbonyl (C=O) groups excluding carboxylic acids is 3. The number of hydrogen-bond acceptors (Lipinski definition) is 7. The summed E-state index contributed by atoms with van der Waals surface area (Å²) in [5.74, 6) is -0.395. The number of hydrogen-bond donors (Lipinski definition) is 0. The van der Waals surface area contributed by atoms with Gasteiger partial charge in [-0.3, -0.25) is 19.4 Å². The van der Waals surface area contributed by atoms with E-state index in [2.05, 4.69) is 4.90 Å². The van der Waals surface area contributed by atoms with Crippen LogP contribution in [0.15, 0.2) is 46.4 Å². The summed E-state index contributed by atoms with van der Waals surface area (Å²) < 4.78 is 10.6. The van der Waals surface area contributed by atoms with Crippen molar-refractivity contribution in [2.24, 2.45) is 0 Å². The summed E-state index contributed by atoms with van der Waals surface area (Å²) in [6.07, 6.45) is 4.88. The van der Waals surface area contributed by atoms with Crippen molar-refractivity contribution in [3.8, 4) is 0 Å². The van der Waals surface area contributed by atoms with Crippen LogP contribution in [-0.2, 0) is 14.3 Å². The molecule has 32 heavy (non-hydrogen) atoms. The number of rotatable bonds is 4. The third-order valence-electron chi connectivity index (χ3n) is 5.56. The van der Waals surface area contributed by atoms with E-state index >= 15 is 0 Å². The number of nitrogens with zero attached hydrogens (tertiary/aromatic N) is 3. The number of likely N-dealkylation sites (N-methyl/N-ethyl adjacent to an activating group) is 1. The van der Waals surface area contributed by atoms with Crippen molar-refractivity contribution in [2.45, 2.75) is 19.3 Å². The maximum Gasteiger partial charge on any atom is 0.337 e. The number of amides is 2. The number of carbonyl (C=O) groups is 3. The van der Waals surface area contributed by atoms with Crippen molar-refractivity contribution in [3.05, 3.63) is 53.3 Å². The Morgan fingerprint density at radius 1 is 1.03 bits per heavy atom. The smallest absolute Gasteiger partial charge is 0.337 e. The maximum absolute atomic E-state index is 13.3. The highest BCUT2D eigenvalue weighted by atomic mass is 32.1. The van der Waals surface area contributed by atoms with Gasteiger partial charge in [-0.25, -0.2) is 4.79 Å². The molecule has 0 unspecified atom stereocenters. The molecule has 2 aliphatic heterocycles. The Labute approximate surface area is 191 Å². The highest BCUT2D eigenvalue weighted by molar-refractivity contribution is 7.80. The van der Waals surface area contributed by atoms with E-state index in [1.807, 2.05) is 6.07 Å². The molecule has 0 atom stereocenters. The predicted octanol–water partition coefficient (Wildman–Crippen LogP) is 3.23. The van der Waals surface area contributed by atoms with Crippen molar-refractivity contribution >= 4 is 52.8 Å². The largest absolute Gasteiger partial charge is 0.465 e. The van der Waals surface area contributed by atoms with Gasteiger partial charge in [0.15, 0.2) is 11.0 Å². The molecular formula is C23H23N3O5S. The zero-order valence-electron chi connectivity index (χ0n) is 17.9. The van der Waals surface area contributed by atoms with Crippen LogP contribution in [-0.4, -0.2) is 55.0 Å². The minimum absolute atomic E-state index is 0.0522. The highest BCUT2D eigenvalue weighted by Gasteiger charge is 2.38. The van der Waals surface area contributed by atoms with Crippen LogP contribution in [0.1, 0.15) is 35.4 Å². The summed E-state index contributed by atoms with van der Waals surface area (Å²) in [6, 6.07) is 9.84. The first kappa shape index (κ1) is 21.8. The van der Waals surface area contributed by atoms with Gasteiger partial charge in [-0.05, 0) is 67.9 Å². The molecule has 3 heterocycles. The van der Waals surface area contributed by atoms with Gasteiger partial charge >= 0.3 is 5.97 Å². The molecule has 0 radical (unpaired) electrons. The van der Waals surface area contributed by atoms with Gasteiger partial charge in [0.25, 0.3) is 11.8 Å². The first-order valence-corrected chi connectivity index (χ1v) is 10.7. The van der Waals surface area contributed by atoms with Crippen LogP contribution in [0.25, 0.3) is 6.08 Å². The minimum Gasteiger partial charge on any atom is -0.465 e. The number of piperidine rings is 1. The SMILES string of the molecule is COC(=O)c1ccc(N2C(=O)/C(=C/c3ccc(N4CCCCC4)o3)C(=O)N(C)C2=S)cc1. The molecule has 9 heteroatoms. The lowest BCUT2D eigenvalue weighted by Gasteiger charge is -2.34. The number of benzene rings is 1. The van der Waals surface area contributed by atoms with Gasteiger partial charge < -0.3 is 14.1 Å². The molecule has 2 aliphatic rings. The van der Waals surface area contributed by atoms with E-state index < -0.39 is 17.8 Å². The minimum atomic E-state index is -0.556. The second-order valence-electron chi connectivity index (χ2n) is 7.61. The van der Waals surface area contributed by atoms with Crippen LogP contribution in [0.5, 0.6) is 0 Å². The van der Waals surface area contributed by atoms with E-state index in [-0.39, 0.29) is 10.7 Å². The second-order valence-corrected chi connectivity index (χ2v) is 7.97. The van der Waals surface area contributed by atoms with E-state index in [1.54, 1.807) is 18.2 Å². The first-order chi connectivity index (χ1) is 15.4. The number of furan rings is 1. The maximum atomic E-state index is 13.3. The summed E-state index contributed by atoms with van der Waals surface area (Å²) >= 11 is 5.36. The molecule has 2 fully saturated rings. The van der Waals surface area contributed by atoms with Crippen LogP contribution in [0, 0.1) is 0 Å². The molecule has 8 nitrogen and oxygen atoms in total. The van der Waals surface area contributed by atoms with Crippen LogP contribution >= 0.6 is 12.2 Å². The molecule has 4 rings (SSSR count). The summed E-state index contributed by atoms with van der Waals surface area (Å²) in [6.45, 7) is 1.85. The molecule has 0 saturated carbocycles. The second kappa shape index (κ2) is 8.96. The molecule has 0 aliphatic carbocycles.